The first-order valence-electron chi connectivity index (χ1n) is 10.6. The molecule has 2 aromatic carbocycles. The summed E-state index contributed by atoms with van der Waals surface area (Å²) in [5.74, 6) is -0.970. The quantitative estimate of drug-likeness (QED) is 0.469. The first-order valence-corrected chi connectivity index (χ1v) is 10.6. The molecule has 7 heteroatoms. The third-order valence-corrected chi connectivity index (χ3v) is 5.43. The summed E-state index contributed by atoms with van der Waals surface area (Å²) in [6.45, 7) is 2.78. The van der Waals surface area contributed by atoms with E-state index in [4.69, 9.17) is 23.7 Å². The van der Waals surface area contributed by atoms with Gasteiger partial charge in [-0.05, 0) is 48.4 Å². The van der Waals surface area contributed by atoms with Crippen LogP contribution in [0.5, 0.6) is 11.5 Å². The zero-order valence-corrected chi connectivity index (χ0v) is 18.1. The molecule has 168 valence electrons. The molecule has 1 N–H and O–H groups in total. The molecule has 2 heterocycles. The summed E-state index contributed by atoms with van der Waals surface area (Å²) in [6.07, 6.45) is 3.68. The highest BCUT2D eigenvalue weighted by atomic mass is 16.7. The zero-order valence-electron chi connectivity index (χ0n) is 18.1. The molecule has 0 aromatic heterocycles. The van der Waals surface area contributed by atoms with Gasteiger partial charge < -0.3 is 28.8 Å². The summed E-state index contributed by atoms with van der Waals surface area (Å²) in [7, 11) is 1.56. The molecule has 2 aliphatic heterocycles. The van der Waals surface area contributed by atoms with Crippen LogP contribution < -0.4 is 9.47 Å². The summed E-state index contributed by atoms with van der Waals surface area (Å²) in [6, 6.07) is 14.3. The van der Waals surface area contributed by atoms with E-state index < -0.39 is 11.8 Å². The Balaban J connectivity index is 1.68. The number of esters is 1. The lowest BCUT2D eigenvalue weighted by Gasteiger charge is -2.26. The molecule has 7 nitrogen and oxygen atoms in total. The summed E-state index contributed by atoms with van der Waals surface area (Å²) < 4.78 is 27.0. The van der Waals surface area contributed by atoms with Crippen molar-refractivity contribution in [2.24, 2.45) is 0 Å². The molecule has 0 spiro atoms. The van der Waals surface area contributed by atoms with Gasteiger partial charge in [0.2, 0.25) is 6.79 Å². The van der Waals surface area contributed by atoms with Crippen LogP contribution in [-0.2, 0) is 31.2 Å². The van der Waals surface area contributed by atoms with Crippen molar-refractivity contribution in [3.05, 3.63) is 82.8 Å². The summed E-state index contributed by atoms with van der Waals surface area (Å²) in [5.41, 5.74) is 1.84. The zero-order chi connectivity index (χ0) is 22.6. The topological polar surface area (TPSA) is 83.5 Å². The minimum Gasteiger partial charge on any atom is -0.497 e. The lowest BCUT2D eigenvalue weighted by molar-refractivity contribution is -0.186. The maximum absolute atomic E-state index is 12.8. The second kappa shape index (κ2) is 9.36. The van der Waals surface area contributed by atoms with E-state index in [0.29, 0.717) is 23.5 Å². The van der Waals surface area contributed by atoms with Gasteiger partial charge in [0.05, 0.1) is 13.7 Å². The lowest BCUT2D eigenvalue weighted by atomic mass is 9.89. The predicted molar refractivity (Wildman–Crippen MR) is 116 cm³/mol. The Hall–Kier alpha value is -3.45. The average Bonchev–Trinajstić information content (AvgIpc) is 3.42. The number of ether oxygens (including phenoxy) is 5. The molecule has 1 unspecified atom stereocenters. The van der Waals surface area contributed by atoms with E-state index in [1.165, 1.54) is 6.26 Å². The molecule has 2 aromatic rings. The Labute approximate surface area is 186 Å². The smallest absolute Gasteiger partial charge is 0.345 e. The highest BCUT2D eigenvalue weighted by Crippen LogP contribution is 2.44. The molecule has 4 rings (SSSR count). The molecule has 0 saturated heterocycles. The standard InChI is InChI=1S/C25H26O7/c1-3-4-13-30-20-9-5-17(6-10-20)14-21-23(22-15-29-16-31-22)24(26)32-25(21,27)18-7-11-19(28-2)12-8-18/h5-12,15,27H,3-4,13-14,16H2,1-2H3. The van der Waals surface area contributed by atoms with Crippen molar-refractivity contribution >= 4 is 5.97 Å². The van der Waals surface area contributed by atoms with E-state index in [2.05, 4.69) is 6.92 Å². The van der Waals surface area contributed by atoms with Crippen molar-refractivity contribution in [3.63, 3.8) is 0 Å². The first kappa shape index (κ1) is 21.8. The number of methoxy groups -OCH3 is 1. The summed E-state index contributed by atoms with van der Waals surface area (Å²) in [4.78, 5) is 12.8. The van der Waals surface area contributed by atoms with E-state index in [9.17, 15) is 9.90 Å². The maximum atomic E-state index is 12.8. The summed E-state index contributed by atoms with van der Waals surface area (Å²) >= 11 is 0. The van der Waals surface area contributed by atoms with Gasteiger partial charge in [-0.1, -0.05) is 25.5 Å². The molecule has 0 aliphatic carbocycles. The van der Waals surface area contributed by atoms with Crippen molar-refractivity contribution in [1.82, 2.24) is 0 Å². The number of hydrogen-bond acceptors (Lipinski definition) is 7. The van der Waals surface area contributed by atoms with Crippen LogP contribution >= 0.6 is 0 Å². The summed E-state index contributed by atoms with van der Waals surface area (Å²) in [5, 5.41) is 11.6. The van der Waals surface area contributed by atoms with E-state index >= 15 is 0 Å². The molecule has 0 radical (unpaired) electrons. The van der Waals surface area contributed by atoms with Crippen molar-refractivity contribution in [2.75, 3.05) is 20.5 Å². The van der Waals surface area contributed by atoms with Crippen molar-refractivity contribution < 1.29 is 33.6 Å². The van der Waals surface area contributed by atoms with Gasteiger partial charge in [0, 0.05) is 17.6 Å². The Kier molecular flexibility index (Phi) is 6.37. The first-order chi connectivity index (χ1) is 15.5. The number of aliphatic hydroxyl groups is 1. The fraction of sp³-hybridized carbons (Fsp3) is 0.320. The second-order valence-corrected chi connectivity index (χ2v) is 7.55. The number of carbonyl (C=O) groups excluding carboxylic acids is 1. The Morgan fingerprint density at radius 1 is 1.06 bits per heavy atom. The second-order valence-electron chi connectivity index (χ2n) is 7.55. The molecule has 0 amide bonds. The number of hydrogen-bond donors (Lipinski definition) is 1. The monoisotopic (exact) mass is 438 g/mol. The van der Waals surface area contributed by atoms with Gasteiger partial charge >= 0.3 is 5.97 Å². The maximum Gasteiger partial charge on any atom is 0.345 e. The van der Waals surface area contributed by atoms with E-state index in [-0.39, 0.29) is 24.5 Å². The van der Waals surface area contributed by atoms with Gasteiger partial charge in [0.15, 0.2) is 5.76 Å². The van der Waals surface area contributed by atoms with Gasteiger partial charge in [-0.15, -0.1) is 0 Å². The SMILES string of the molecule is CCCCOc1ccc(CC2=C(C3=COCO3)C(=O)OC2(O)c2ccc(OC)cc2)cc1. The number of rotatable bonds is 9. The molecule has 0 fully saturated rings. The number of cyclic esters (lactones) is 1. The number of benzene rings is 2. The van der Waals surface area contributed by atoms with Gasteiger partial charge in [0.1, 0.15) is 23.3 Å². The molecule has 32 heavy (non-hydrogen) atoms. The van der Waals surface area contributed by atoms with Crippen molar-refractivity contribution in [3.8, 4) is 11.5 Å². The fourth-order valence-corrected chi connectivity index (χ4v) is 3.66. The van der Waals surface area contributed by atoms with Crippen LogP contribution in [0, 0.1) is 0 Å². The van der Waals surface area contributed by atoms with Crippen LogP contribution in [0.2, 0.25) is 0 Å². The Morgan fingerprint density at radius 3 is 2.41 bits per heavy atom. The Morgan fingerprint density at radius 2 is 1.78 bits per heavy atom. The highest BCUT2D eigenvalue weighted by Gasteiger charge is 2.49. The predicted octanol–water partition coefficient (Wildman–Crippen LogP) is 3.96. The molecule has 1 atom stereocenters. The lowest BCUT2D eigenvalue weighted by Crippen LogP contribution is -2.29. The number of carbonyl (C=O) groups is 1. The molecular formula is C25H26O7. The normalized spacial score (nSPS) is 19.8. The Bertz CT molecular complexity index is 1020. The van der Waals surface area contributed by atoms with Crippen molar-refractivity contribution in [1.29, 1.82) is 0 Å². The highest BCUT2D eigenvalue weighted by molar-refractivity contribution is 5.97. The molecule has 0 saturated carbocycles. The molecular weight excluding hydrogens is 412 g/mol. The van der Waals surface area contributed by atoms with Gasteiger partial charge in [0.25, 0.3) is 5.79 Å². The van der Waals surface area contributed by atoms with E-state index in [1.807, 2.05) is 24.3 Å². The van der Waals surface area contributed by atoms with Crippen LogP contribution in [0.4, 0.5) is 0 Å². The van der Waals surface area contributed by atoms with Gasteiger partial charge in [-0.25, -0.2) is 4.79 Å². The van der Waals surface area contributed by atoms with Crippen LogP contribution in [0.15, 0.2) is 71.7 Å². The van der Waals surface area contributed by atoms with Gasteiger partial charge in [-0.2, -0.15) is 0 Å². The average molecular weight is 438 g/mol. The molecule has 2 aliphatic rings. The van der Waals surface area contributed by atoms with E-state index in [0.717, 1.165) is 24.2 Å². The van der Waals surface area contributed by atoms with Crippen LogP contribution in [-0.4, -0.2) is 31.6 Å². The third-order valence-electron chi connectivity index (χ3n) is 5.43. The van der Waals surface area contributed by atoms with Crippen LogP contribution in [0.3, 0.4) is 0 Å². The van der Waals surface area contributed by atoms with E-state index in [1.54, 1.807) is 31.4 Å². The largest absolute Gasteiger partial charge is 0.497 e. The fourth-order valence-electron chi connectivity index (χ4n) is 3.66. The van der Waals surface area contributed by atoms with Gasteiger partial charge in [-0.3, -0.25) is 0 Å². The molecule has 0 bridgehead atoms. The van der Waals surface area contributed by atoms with Crippen LogP contribution in [0.1, 0.15) is 30.9 Å². The van der Waals surface area contributed by atoms with Crippen molar-refractivity contribution in [2.45, 2.75) is 32.0 Å². The third kappa shape index (κ3) is 4.29. The minimum absolute atomic E-state index is 0.00412. The van der Waals surface area contributed by atoms with Crippen LogP contribution in [0.25, 0.3) is 0 Å². The number of unbranched alkanes of at least 4 members (excludes halogenated alkanes) is 1. The minimum atomic E-state index is -1.94.